The van der Waals surface area contributed by atoms with E-state index in [9.17, 15) is 0 Å². The van der Waals surface area contributed by atoms with Crippen LogP contribution in [0.4, 0.5) is 0 Å². The van der Waals surface area contributed by atoms with Crippen molar-refractivity contribution < 1.29 is 0 Å². The first kappa shape index (κ1) is 21.5. The Morgan fingerprint density at radius 3 is 2.35 bits per heavy atom. The fourth-order valence-corrected chi connectivity index (χ4v) is 3.98. The molecule has 2 heterocycles. The van der Waals surface area contributed by atoms with E-state index in [0.29, 0.717) is 18.0 Å². The van der Waals surface area contributed by atoms with Crippen molar-refractivity contribution in [1.82, 2.24) is 25.3 Å². The van der Waals surface area contributed by atoms with E-state index >= 15 is 0 Å². The number of piperazine rings is 1. The molecule has 0 saturated carbocycles. The molecule has 0 radical (unpaired) electrons. The fourth-order valence-electron chi connectivity index (χ4n) is 3.98. The molecule has 152 valence electrons. The molecule has 26 heavy (non-hydrogen) atoms. The van der Waals surface area contributed by atoms with E-state index in [2.05, 4.69) is 58.0 Å². The minimum absolute atomic E-state index is 0.499. The van der Waals surface area contributed by atoms with Gasteiger partial charge in [-0.25, -0.2) is 0 Å². The van der Waals surface area contributed by atoms with Crippen LogP contribution in [0.2, 0.25) is 0 Å². The van der Waals surface area contributed by atoms with Crippen molar-refractivity contribution in [3.05, 3.63) is 0 Å². The second-order valence-electron chi connectivity index (χ2n) is 8.26. The van der Waals surface area contributed by atoms with Gasteiger partial charge in [0.1, 0.15) is 0 Å². The summed E-state index contributed by atoms with van der Waals surface area (Å²) in [5.41, 5.74) is 0. The van der Waals surface area contributed by atoms with Gasteiger partial charge in [0, 0.05) is 64.9 Å². The Morgan fingerprint density at radius 2 is 1.77 bits per heavy atom. The Kier molecular flexibility index (Phi) is 9.16. The maximum atomic E-state index is 4.42. The molecular formula is C20H42N6. The van der Waals surface area contributed by atoms with Gasteiger partial charge in [0.25, 0.3) is 0 Å². The number of likely N-dealkylation sites (N-methyl/N-ethyl adjacent to an activating group) is 1. The summed E-state index contributed by atoms with van der Waals surface area (Å²) in [5.74, 6) is 1.63. The highest BCUT2D eigenvalue weighted by Gasteiger charge is 2.31. The van der Waals surface area contributed by atoms with Crippen molar-refractivity contribution >= 4 is 5.96 Å². The van der Waals surface area contributed by atoms with E-state index in [4.69, 9.17) is 0 Å². The van der Waals surface area contributed by atoms with Gasteiger partial charge in [0.05, 0.1) is 0 Å². The first-order chi connectivity index (χ1) is 12.5. The maximum absolute atomic E-state index is 4.42. The molecule has 2 rings (SSSR count). The van der Waals surface area contributed by atoms with Crippen LogP contribution in [0.1, 0.15) is 40.5 Å². The minimum atomic E-state index is 0.499. The Morgan fingerprint density at radius 1 is 1.08 bits per heavy atom. The summed E-state index contributed by atoms with van der Waals surface area (Å²) < 4.78 is 0. The summed E-state index contributed by atoms with van der Waals surface area (Å²) >= 11 is 0. The summed E-state index contributed by atoms with van der Waals surface area (Å²) in [5, 5.41) is 7.14. The molecule has 2 aliphatic heterocycles. The van der Waals surface area contributed by atoms with Gasteiger partial charge in [0.15, 0.2) is 5.96 Å². The molecule has 2 fully saturated rings. The maximum Gasteiger partial charge on any atom is 0.191 e. The SMILES string of the molecule is CCN1CCN(CCCCNC(=NC)NC2CN(C(C)C)CC2C)CC1. The summed E-state index contributed by atoms with van der Waals surface area (Å²) in [7, 11) is 1.88. The Hall–Kier alpha value is -0.850. The van der Waals surface area contributed by atoms with Crippen LogP contribution in [0.3, 0.4) is 0 Å². The van der Waals surface area contributed by atoms with E-state index < -0.39 is 0 Å². The van der Waals surface area contributed by atoms with Crippen molar-refractivity contribution in [3.8, 4) is 0 Å². The second kappa shape index (κ2) is 11.1. The third-order valence-corrected chi connectivity index (χ3v) is 6.02. The van der Waals surface area contributed by atoms with Crippen LogP contribution in [0, 0.1) is 5.92 Å². The first-order valence-electron chi connectivity index (χ1n) is 10.7. The molecule has 2 atom stereocenters. The largest absolute Gasteiger partial charge is 0.356 e. The third-order valence-electron chi connectivity index (χ3n) is 6.02. The van der Waals surface area contributed by atoms with Gasteiger partial charge in [-0.1, -0.05) is 13.8 Å². The number of hydrogen-bond donors (Lipinski definition) is 2. The van der Waals surface area contributed by atoms with Gasteiger partial charge < -0.3 is 20.4 Å². The van der Waals surface area contributed by atoms with Crippen LogP contribution < -0.4 is 10.6 Å². The number of nitrogens with zero attached hydrogens (tertiary/aromatic N) is 4. The standard InChI is InChI=1S/C20H42N6/c1-6-24-11-13-25(14-12-24)10-8-7-9-22-20(21-5)23-19-16-26(17(2)3)15-18(19)4/h17-19H,6-16H2,1-5H3,(H2,21,22,23). The van der Waals surface area contributed by atoms with Gasteiger partial charge in [-0.05, 0) is 45.7 Å². The predicted molar refractivity (Wildman–Crippen MR) is 112 cm³/mol. The molecular weight excluding hydrogens is 324 g/mol. The summed E-state index contributed by atoms with van der Waals surface area (Å²) in [6.07, 6.45) is 2.46. The molecule has 0 aliphatic carbocycles. The zero-order valence-corrected chi connectivity index (χ0v) is 17.8. The molecule has 6 nitrogen and oxygen atoms in total. The number of unbranched alkanes of at least 4 members (excludes halogenated alkanes) is 1. The van der Waals surface area contributed by atoms with Crippen molar-refractivity contribution in [3.63, 3.8) is 0 Å². The predicted octanol–water partition coefficient (Wildman–Crippen LogP) is 1.30. The number of likely N-dealkylation sites (tertiary alicyclic amines) is 1. The van der Waals surface area contributed by atoms with Gasteiger partial charge in [-0.2, -0.15) is 0 Å². The quantitative estimate of drug-likeness (QED) is 0.385. The monoisotopic (exact) mass is 366 g/mol. The van der Waals surface area contributed by atoms with Crippen LogP contribution in [0.15, 0.2) is 4.99 Å². The number of aliphatic imine (C=N–C) groups is 1. The molecule has 0 aromatic rings. The summed E-state index contributed by atoms with van der Waals surface area (Å²) in [4.78, 5) is 12.1. The van der Waals surface area contributed by atoms with Crippen LogP contribution in [0.5, 0.6) is 0 Å². The zero-order valence-electron chi connectivity index (χ0n) is 17.8. The molecule has 0 amide bonds. The average molecular weight is 367 g/mol. The van der Waals surface area contributed by atoms with Gasteiger partial charge in [-0.3, -0.25) is 9.89 Å². The lowest BCUT2D eigenvalue weighted by Gasteiger charge is -2.34. The van der Waals surface area contributed by atoms with E-state index in [1.54, 1.807) is 0 Å². The number of hydrogen-bond acceptors (Lipinski definition) is 4. The Bertz CT molecular complexity index is 417. The number of guanidine groups is 1. The van der Waals surface area contributed by atoms with Crippen LogP contribution in [-0.2, 0) is 0 Å². The topological polar surface area (TPSA) is 46.1 Å². The highest BCUT2D eigenvalue weighted by Crippen LogP contribution is 2.18. The van der Waals surface area contributed by atoms with Crippen LogP contribution in [-0.4, -0.2) is 98.7 Å². The van der Waals surface area contributed by atoms with Gasteiger partial charge in [0.2, 0.25) is 0 Å². The highest BCUT2D eigenvalue weighted by atomic mass is 15.3. The van der Waals surface area contributed by atoms with Gasteiger partial charge in [-0.15, -0.1) is 0 Å². The van der Waals surface area contributed by atoms with Crippen LogP contribution >= 0.6 is 0 Å². The normalized spacial score (nSPS) is 26.6. The Balaban J connectivity index is 1.58. The lowest BCUT2D eigenvalue weighted by Crippen LogP contribution is -2.47. The summed E-state index contributed by atoms with van der Waals surface area (Å²) in [6, 6.07) is 1.12. The Labute approximate surface area is 161 Å². The minimum Gasteiger partial charge on any atom is -0.356 e. The second-order valence-corrected chi connectivity index (χ2v) is 8.26. The average Bonchev–Trinajstić information content (AvgIpc) is 3.01. The molecule has 2 N–H and O–H groups in total. The molecule has 0 aromatic carbocycles. The smallest absolute Gasteiger partial charge is 0.191 e. The van der Waals surface area contributed by atoms with Crippen molar-refractivity contribution in [2.75, 3.05) is 66.0 Å². The van der Waals surface area contributed by atoms with E-state index in [0.717, 1.165) is 19.0 Å². The molecule has 6 heteroatoms. The van der Waals surface area contributed by atoms with Gasteiger partial charge >= 0.3 is 0 Å². The third kappa shape index (κ3) is 6.71. The van der Waals surface area contributed by atoms with E-state index in [1.165, 1.54) is 58.7 Å². The molecule has 0 aromatic heterocycles. The van der Waals surface area contributed by atoms with Crippen molar-refractivity contribution in [1.29, 1.82) is 0 Å². The molecule has 2 saturated heterocycles. The molecule has 2 unspecified atom stereocenters. The lowest BCUT2D eigenvalue weighted by atomic mass is 10.1. The van der Waals surface area contributed by atoms with E-state index in [-0.39, 0.29) is 0 Å². The molecule has 0 bridgehead atoms. The number of nitrogens with one attached hydrogen (secondary N) is 2. The van der Waals surface area contributed by atoms with E-state index in [1.807, 2.05) is 7.05 Å². The highest BCUT2D eigenvalue weighted by molar-refractivity contribution is 5.80. The molecule has 0 spiro atoms. The number of rotatable bonds is 8. The molecule has 2 aliphatic rings. The zero-order chi connectivity index (χ0) is 18.9. The first-order valence-corrected chi connectivity index (χ1v) is 10.7. The lowest BCUT2D eigenvalue weighted by molar-refractivity contribution is 0.136. The fraction of sp³-hybridized carbons (Fsp3) is 0.950. The summed E-state index contributed by atoms with van der Waals surface area (Å²) in [6.45, 7) is 19.8. The van der Waals surface area contributed by atoms with Crippen molar-refractivity contribution in [2.24, 2.45) is 10.9 Å². The van der Waals surface area contributed by atoms with Crippen molar-refractivity contribution in [2.45, 2.75) is 52.6 Å². The van der Waals surface area contributed by atoms with Crippen LogP contribution in [0.25, 0.3) is 0 Å².